The lowest BCUT2D eigenvalue weighted by molar-refractivity contribution is 0.481. The van der Waals surface area contributed by atoms with Crippen LogP contribution in [0.5, 0.6) is 11.5 Å². The van der Waals surface area contributed by atoms with Gasteiger partial charge >= 0.3 is 0 Å². The lowest BCUT2D eigenvalue weighted by atomic mass is 9.96. The number of hydrogen-bond acceptors (Lipinski definition) is 5. The van der Waals surface area contributed by atoms with Gasteiger partial charge in [-0.15, -0.1) is 0 Å². The Morgan fingerprint density at radius 1 is 1.04 bits per heavy atom. The fourth-order valence-electron chi connectivity index (χ4n) is 2.98. The molecule has 0 aliphatic heterocycles. The van der Waals surface area contributed by atoms with Crippen molar-refractivity contribution in [2.24, 2.45) is 7.05 Å². The number of ether oxygens (including phenoxy) is 1. The summed E-state index contributed by atoms with van der Waals surface area (Å²) in [5.74, 6) is 2.22. The number of nitrogens with zero attached hydrogens (tertiary/aromatic N) is 3. The molecule has 0 saturated heterocycles. The van der Waals surface area contributed by atoms with Crippen molar-refractivity contribution < 1.29 is 4.74 Å². The number of imidazole rings is 1. The first-order chi connectivity index (χ1) is 13.6. The molecule has 0 bridgehead atoms. The smallest absolute Gasteiger partial charge is 0.208 e. The highest BCUT2D eigenvalue weighted by Gasteiger charge is 2.10. The molecular weight excluding hydrogens is 349 g/mol. The van der Waals surface area contributed by atoms with Crippen molar-refractivity contribution in [3.8, 4) is 11.5 Å². The second kappa shape index (κ2) is 7.74. The highest BCUT2D eigenvalue weighted by molar-refractivity contribution is 6.32. The number of aryl methyl sites for hydroxylation is 1. The Kier molecular flexibility index (Phi) is 4.99. The molecule has 138 valence electrons. The van der Waals surface area contributed by atoms with Crippen molar-refractivity contribution in [1.29, 1.82) is 0 Å². The summed E-state index contributed by atoms with van der Waals surface area (Å²) < 4.78 is 8.01. The van der Waals surface area contributed by atoms with Crippen LogP contribution in [0.3, 0.4) is 0 Å². The van der Waals surface area contributed by atoms with Crippen LogP contribution in [0.1, 0.15) is 5.69 Å². The maximum absolute atomic E-state index is 6.00. The molecule has 2 heterocycles. The fourth-order valence-corrected chi connectivity index (χ4v) is 2.98. The summed E-state index contributed by atoms with van der Waals surface area (Å²) in [5.41, 5.74) is 4.44. The molecule has 2 aromatic heterocycles. The Balaban J connectivity index is 1.59. The van der Waals surface area contributed by atoms with Crippen molar-refractivity contribution in [1.82, 2.24) is 19.9 Å². The van der Waals surface area contributed by atoms with Gasteiger partial charge in [0.25, 0.3) is 0 Å². The summed E-state index contributed by atoms with van der Waals surface area (Å²) in [5, 5.41) is 6.41. The number of aromatic nitrogens is 3. The van der Waals surface area contributed by atoms with E-state index in [1.807, 2.05) is 73.3 Å². The predicted molar refractivity (Wildman–Crippen MR) is 113 cm³/mol. The second-order valence-corrected chi connectivity index (χ2v) is 6.51. The maximum atomic E-state index is 6.00. The first kappa shape index (κ1) is 18.1. The standard InChI is InChI=1S/C21H20BN5O/c1-23-13-16-11-18(9-10-24-16)28-17-7-8-20-19(12-17)26-21(27(20)2)25-15-5-3-14(22)4-6-15/h3-12,23H,13H2,1-2H3,(H,25,26). The number of hydrogen-bond donors (Lipinski definition) is 2. The maximum Gasteiger partial charge on any atom is 0.208 e. The van der Waals surface area contributed by atoms with Crippen LogP contribution in [0.25, 0.3) is 11.0 Å². The third-order valence-electron chi connectivity index (χ3n) is 4.40. The summed E-state index contributed by atoms with van der Waals surface area (Å²) >= 11 is 0. The Morgan fingerprint density at radius 3 is 2.61 bits per heavy atom. The Bertz CT molecular complexity index is 1110. The van der Waals surface area contributed by atoms with Crippen molar-refractivity contribution in [2.45, 2.75) is 6.54 Å². The third-order valence-corrected chi connectivity index (χ3v) is 4.40. The van der Waals surface area contributed by atoms with Crippen LogP contribution in [0.4, 0.5) is 11.6 Å². The molecule has 28 heavy (non-hydrogen) atoms. The summed E-state index contributed by atoms with van der Waals surface area (Å²) in [4.78, 5) is 9.00. The van der Waals surface area contributed by atoms with Crippen molar-refractivity contribution in [3.63, 3.8) is 0 Å². The highest BCUT2D eigenvalue weighted by Crippen LogP contribution is 2.28. The minimum absolute atomic E-state index is 0.691. The van der Waals surface area contributed by atoms with E-state index in [4.69, 9.17) is 17.6 Å². The highest BCUT2D eigenvalue weighted by atomic mass is 16.5. The molecule has 0 aliphatic rings. The molecule has 0 saturated carbocycles. The van der Waals surface area contributed by atoms with Crippen molar-refractivity contribution in [3.05, 3.63) is 66.5 Å². The summed E-state index contributed by atoms with van der Waals surface area (Å²) in [6.45, 7) is 0.691. The van der Waals surface area contributed by atoms with E-state index in [1.165, 1.54) is 0 Å². The van der Waals surface area contributed by atoms with E-state index in [-0.39, 0.29) is 0 Å². The van der Waals surface area contributed by atoms with E-state index in [9.17, 15) is 0 Å². The van der Waals surface area contributed by atoms with Crippen molar-refractivity contribution in [2.75, 3.05) is 12.4 Å². The van der Waals surface area contributed by atoms with E-state index in [2.05, 4.69) is 15.6 Å². The Labute approximate surface area is 165 Å². The molecule has 2 aromatic carbocycles. The molecule has 6 nitrogen and oxygen atoms in total. The third kappa shape index (κ3) is 3.84. The average Bonchev–Trinajstić information content (AvgIpc) is 2.99. The second-order valence-electron chi connectivity index (χ2n) is 6.51. The summed E-state index contributed by atoms with van der Waals surface area (Å²) in [7, 11) is 9.61. The number of benzene rings is 2. The van der Waals surface area contributed by atoms with Crippen LogP contribution in [-0.2, 0) is 13.6 Å². The van der Waals surface area contributed by atoms with E-state index >= 15 is 0 Å². The van der Waals surface area contributed by atoms with Crippen LogP contribution in [0.2, 0.25) is 0 Å². The normalized spacial score (nSPS) is 10.9. The lowest BCUT2D eigenvalue weighted by Crippen LogP contribution is -2.06. The van der Waals surface area contributed by atoms with Gasteiger partial charge in [0.15, 0.2) is 0 Å². The zero-order valence-electron chi connectivity index (χ0n) is 15.8. The molecule has 0 atom stereocenters. The molecule has 0 spiro atoms. The topological polar surface area (TPSA) is 64.0 Å². The predicted octanol–water partition coefficient (Wildman–Crippen LogP) is 3.02. The number of fused-ring (bicyclic) bond motifs is 1. The zero-order chi connectivity index (χ0) is 19.5. The minimum atomic E-state index is 0.691. The molecular formula is C21H20BN5O. The molecule has 7 heteroatoms. The molecule has 0 fully saturated rings. The molecule has 2 N–H and O–H groups in total. The summed E-state index contributed by atoms with van der Waals surface area (Å²) in [6, 6.07) is 17.2. The quantitative estimate of drug-likeness (QED) is 0.512. The average molecular weight is 369 g/mol. The van der Waals surface area contributed by atoms with Gasteiger partial charge in [0.1, 0.15) is 19.3 Å². The molecule has 4 rings (SSSR count). The van der Waals surface area contributed by atoms with E-state index in [0.717, 1.165) is 45.3 Å². The molecule has 2 radical (unpaired) electrons. The zero-order valence-corrected chi connectivity index (χ0v) is 15.8. The van der Waals surface area contributed by atoms with Crippen LogP contribution >= 0.6 is 0 Å². The van der Waals surface area contributed by atoms with Gasteiger partial charge in [0.05, 0.1) is 16.7 Å². The van der Waals surface area contributed by atoms with E-state index < -0.39 is 0 Å². The fraction of sp³-hybridized carbons (Fsp3) is 0.143. The van der Waals surface area contributed by atoms with Crippen LogP contribution in [-0.4, -0.2) is 29.4 Å². The van der Waals surface area contributed by atoms with Gasteiger partial charge in [-0.05, 0) is 37.4 Å². The number of anilines is 2. The molecule has 0 aliphatic carbocycles. The first-order valence-electron chi connectivity index (χ1n) is 8.99. The molecule has 4 aromatic rings. The van der Waals surface area contributed by atoms with Gasteiger partial charge in [-0.3, -0.25) is 4.98 Å². The largest absolute Gasteiger partial charge is 0.457 e. The molecule has 0 amide bonds. The van der Waals surface area contributed by atoms with E-state index in [0.29, 0.717) is 6.54 Å². The Hall–Kier alpha value is -3.32. The number of rotatable bonds is 6. The minimum Gasteiger partial charge on any atom is -0.457 e. The molecule has 0 unspecified atom stereocenters. The SMILES string of the molecule is [B]c1ccc(Nc2nc3cc(Oc4ccnc(CNC)c4)ccc3n2C)cc1. The van der Waals surface area contributed by atoms with Gasteiger partial charge in [-0.25, -0.2) is 4.98 Å². The van der Waals surface area contributed by atoms with Crippen LogP contribution in [0.15, 0.2) is 60.8 Å². The van der Waals surface area contributed by atoms with Gasteiger partial charge in [0.2, 0.25) is 5.95 Å². The van der Waals surface area contributed by atoms with Gasteiger partial charge < -0.3 is 19.9 Å². The lowest BCUT2D eigenvalue weighted by Gasteiger charge is -2.07. The van der Waals surface area contributed by atoms with Gasteiger partial charge in [-0.2, -0.15) is 0 Å². The Morgan fingerprint density at radius 2 is 1.82 bits per heavy atom. The van der Waals surface area contributed by atoms with Gasteiger partial charge in [0, 0.05) is 37.6 Å². The van der Waals surface area contributed by atoms with Crippen LogP contribution < -0.4 is 20.8 Å². The van der Waals surface area contributed by atoms with Crippen molar-refractivity contribution >= 4 is 36.0 Å². The number of nitrogens with one attached hydrogen (secondary N) is 2. The van der Waals surface area contributed by atoms with Crippen LogP contribution in [0, 0.1) is 0 Å². The first-order valence-corrected chi connectivity index (χ1v) is 8.99. The number of pyridine rings is 1. The van der Waals surface area contributed by atoms with E-state index in [1.54, 1.807) is 6.20 Å². The van der Waals surface area contributed by atoms with Gasteiger partial charge in [-0.1, -0.05) is 17.6 Å². The summed E-state index contributed by atoms with van der Waals surface area (Å²) in [6.07, 6.45) is 1.75. The monoisotopic (exact) mass is 369 g/mol.